The van der Waals surface area contributed by atoms with E-state index in [1.807, 2.05) is 84.9 Å². The van der Waals surface area contributed by atoms with E-state index in [1.165, 1.54) is 16.8 Å². The Kier molecular flexibility index (Phi) is 14.5. The number of benzene rings is 6. The third-order valence-corrected chi connectivity index (χ3v) is 14.1. The standard InChI is InChI=1S/C46H32N6S4.2Na/c1-5-13-37(14-6-1)53-43-31-41(49-45(51-43)55-39-17-9-3-10-18-39)47-35-27-23-33(24-28-35)21-22-34-25-29-36(30-26-34)48-42-32-44(54-38-15-7-2-8-16-38)52-46(50-42)56-40-19-11-4-12-20-40;;/h1-23,25,27-32H,(H,47,49,51)(H,48,50,52);;. The van der Waals surface area contributed by atoms with Crippen LogP contribution in [0, 0.1) is 0 Å². The van der Waals surface area contributed by atoms with Gasteiger partial charge in [0.05, 0.1) is 0 Å². The number of anilines is 4. The Labute approximate surface area is 390 Å². The molecule has 8 rings (SSSR count). The van der Waals surface area contributed by atoms with Crippen molar-refractivity contribution >= 4 is 144 Å². The summed E-state index contributed by atoms with van der Waals surface area (Å²) in [7, 11) is 0. The predicted octanol–water partition coefficient (Wildman–Crippen LogP) is 11.1. The fraction of sp³-hybridized carbons (Fsp3) is 0. The van der Waals surface area contributed by atoms with E-state index in [2.05, 4.69) is 108 Å². The van der Waals surface area contributed by atoms with Gasteiger partial charge in [0, 0.05) is 0 Å². The number of nitrogens with zero attached hydrogens (tertiary/aromatic N) is 4. The zero-order valence-electron chi connectivity index (χ0n) is 31.7. The maximum absolute atomic E-state index is 4.89. The van der Waals surface area contributed by atoms with Gasteiger partial charge in [-0.2, -0.15) is 0 Å². The molecule has 0 radical (unpaired) electrons. The zero-order valence-corrected chi connectivity index (χ0v) is 39.0. The Balaban J connectivity index is 0.966. The molecule has 2 aromatic heterocycles. The minimum absolute atomic E-state index is 0.705. The fourth-order valence-corrected chi connectivity index (χ4v) is 10.6. The Hall–Kier alpha value is -3.78. The Bertz CT molecular complexity index is 2350. The molecule has 2 heterocycles. The van der Waals surface area contributed by atoms with Crippen LogP contribution in [0.5, 0.6) is 0 Å². The molecule has 0 aliphatic heterocycles. The molecule has 0 saturated heterocycles. The van der Waals surface area contributed by atoms with Gasteiger partial charge in [0.1, 0.15) is 0 Å². The number of rotatable bonds is 14. The molecule has 6 nitrogen and oxygen atoms in total. The topological polar surface area (TPSA) is 75.6 Å². The normalized spacial score (nSPS) is 11.2. The molecule has 0 spiro atoms. The van der Waals surface area contributed by atoms with Gasteiger partial charge in [-0.05, 0) is 0 Å². The molecule has 0 saturated carbocycles. The maximum atomic E-state index is 4.89. The summed E-state index contributed by atoms with van der Waals surface area (Å²) in [6.45, 7) is 0. The van der Waals surface area contributed by atoms with Gasteiger partial charge < -0.3 is 0 Å². The molecule has 0 amide bonds. The van der Waals surface area contributed by atoms with Crippen molar-refractivity contribution in [2.75, 3.05) is 10.6 Å². The molecule has 0 unspecified atom stereocenters. The molecule has 2 N–H and O–H groups in total. The molecule has 0 aliphatic carbocycles. The quantitative estimate of drug-likeness (QED) is 0.0478. The third kappa shape index (κ3) is 11.9. The van der Waals surface area contributed by atoms with Gasteiger partial charge in [-0.1, -0.05) is 0 Å². The van der Waals surface area contributed by atoms with Crippen LogP contribution in [-0.4, -0.2) is 75.8 Å². The van der Waals surface area contributed by atoms with Gasteiger partial charge in [0.25, 0.3) is 0 Å². The predicted molar refractivity (Wildman–Crippen MR) is 245 cm³/mol. The second-order valence-electron chi connectivity index (χ2n) is 13.1. The minimum atomic E-state index is 0.705. The van der Waals surface area contributed by atoms with Crippen molar-refractivity contribution in [1.29, 1.82) is 0 Å². The number of aromatic nitrogens is 4. The second-order valence-corrected chi connectivity index (χ2v) is 19.6. The van der Waals surface area contributed by atoms with Crippen molar-refractivity contribution in [1.82, 2.24) is 19.9 Å². The van der Waals surface area contributed by atoms with Crippen LogP contribution in [0.25, 0.3) is 12.2 Å². The monoisotopic (exact) mass is 842 g/mol. The van der Waals surface area contributed by atoms with Crippen molar-refractivity contribution in [3.63, 3.8) is 0 Å². The van der Waals surface area contributed by atoms with Crippen LogP contribution in [0.4, 0.5) is 23.0 Å². The van der Waals surface area contributed by atoms with E-state index >= 15 is 0 Å². The average molecular weight is 843 g/mol. The van der Waals surface area contributed by atoms with Crippen LogP contribution >= 0.6 is 47.0 Å². The van der Waals surface area contributed by atoms with E-state index in [0.29, 0.717) is 10.3 Å². The van der Waals surface area contributed by atoms with Gasteiger partial charge >= 0.3 is 395 Å². The molecule has 0 aliphatic rings. The van der Waals surface area contributed by atoms with Crippen molar-refractivity contribution < 1.29 is 0 Å². The van der Waals surface area contributed by atoms with Crippen LogP contribution in [0.3, 0.4) is 0 Å². The molecule has 58 heavy (non-hydrogen) atoms. The van der Waals surface area contributed by atoms with Crippen molar-refractivity contribution in [3.05, 3.63) is 181 Å². The summed E-state index contributed by atoms with van der Waals surface area (Å²) in [4.78, 5) is 24.0. The van der Waals surface area contributed by atoms with Gasteiger partial charge in [0.2, 0.25) is 0 Å². The first kappa shape index (κ1) is 41.0. The summed E-state index contributed by atoms with van der Waals surface area (Å²) in [5.74, 6) is 1.54. The van der Waals surface area contributed by atoms with Gasteiger partial charge in [-0.3, -0.25) is 0 Å². The van der Waals surface area contributed by atoms with Crippen LogP contribution in [-0.2, 0) is 0 Å². The van der Waals surface area contributed by atoms with E-state index in [-0.39, 0.29) is 0 Å². The average Bonchev–Trinajstić information content (AvgIpc) is 3.22. The summed E-state index contributed by atoms with van der Waals surface area (Å²) in [6.07, 6.45) is 4.46. The first-order valence-electron chi connectivity index (χ1n) is 18.6. The summed E-state index contributed by atoms with van der Waals surface area (Å²) in [5, 5.41) is 10.3. The molecule has 0 atom stereocenters. The number of hydrogen-bond acceptors (Lipinski definition) is 10. The zero-order chi connectivity index (χ0) is 39.5. The first-order valence-corrected chi connectivity index (χ1v) is 23.9. The molecule has 12 heteroatoms. The molecule has 8 aromatic rings. The van der Waals surface area contributed by atoms with Crippen molar-refractivity contribution in [3.8, 4) is 0 Å². The summed E-state index contributed by atoms with van der Waals surface area (Å²) >= 11 is 8.19. The first-order chi connectivity index (χ1) is 28.5. The molecular weight excluding hydrogens is 811 g/mol. The summed E-state index contributed by atoms with van der Waals surface area (Å²) in [5.41, 5.74) is 4.45. The second kappa shape index (κ2) is 20.5. The van der Waals surface area contributed by atoms with Crippen LogP contribution in [0.1, 0.15) is 11.1 Å². The van der Waals surface area contributed by atoms with Gasteiger partial charge in [-0.25, -0.2) is 0 Å². The third-order valence-electron chi connectivity index (χ3n) is 8.73. The van der Waals surface area contributed by atoms with Crippen LogP contribution in [0.15, 0.2) is 210 Å². The molecule has 6 aromatic carbocycles. The van der Waals surface area contributed by atoms with Crippen molar-refractivity contribution in [2.45, 2.75) is 39.9 Å². The van der Waals surface area contributed by atoms with E-state index in [0.717, 1.165) is 109 Å². The van der Waals surface area contributed by atoms with Crippen molar-refractivity contribution in [2.24, 2.45) is 0 Å². The van der Waals surface area contributed by atoms with Crippen LogP contribution < -0.4 is 16.3 Å². The fourth-order valence-electron chi connectivity index (χ4n) is 5.89. The van der Waals surface area contributed by atoms with Gasteiger partial charge in [0.15, 0.2) is 0 Å². The molecule has 0 bridgehead atoms. The molecule has 272 valence electrons. The van der Waals surface area contributed by atoms with Crippen LogP contribution in [0.2, 0.25) is 0 Å². The number of hydrogen-bond donors (Lipinski definition) is 2. The molecule has 0 fully saturated rings. The number of nitrogens with one attached hydrogen (secondary N) is 2. The summed E-state index contributed by atoms with van der Waals surface area (Å²) in [6, 6.07) is 58.3. The van der Waals surface area contributed by atoms with E-state index in [1.54, 1.807) is 47.0 Å². The SMILES string of the molecule is [Na][c]1cc(Nc2cc(Sc3ccccc3)nc(Sc3ccccc3)n2)ccc1C=Cc1ccc(Nc2cc(Sc3ccccc3)nc(Sc3ccccc3)n2)c[c]1[Na]. The van der Waals surface area contributed by atoms with Gasteiger partial charge in [-0.15, -0.1) is 0 Å². The van der Waals surface area contributed by atoms with E-state index in [9.17, 15) is 0 Å². The Morgan fingerprint density at radius 2 is 0.724 bits per heavy atom. The van der Waals surface area contributed by atoms with E-state index < -0.39 is 0 Å². The van der Waals surface area contributed by atoms with E-state index in [4.69, 9.17) is 19.9 Å². The Morgan fingerprint density at radius 1 is 0.379 bits per heavy atom. The molecular formula is C46H32N6Na2S4. The Morgan fingerprint density at radius 3 is 1.07 bits per heavy atom. The summed E-state index contributed by atoms with van der Waals surface area (Å²) < 4.78 is 2.61.